The molecule has 3 amide bonds. The highest BCUT2D eigenvalue weighted by atomic mass is 32.2. The zero-order valence-corrected chi connectivity index (χ0v) is 53.2. The van der Waals surface area contributed by atoms with E-state index >= 15 is 0 Å². The lowest BCUT2D eigenvalue weighted by Gasteiger charge is -2.11. The van der Waals surface area contributed by atoms with Gasteiger partial charge in [-0.2, -0.15) is 0 Å². The molecular formula is C62H66N12O18S3. The van der Waals surface area contributed by atoms with Gasteiger partial charge in [0, 0.05) is 36.0 Å². The predicted molar refractivity (Wildman–Crippen MR) is 340 cm³/mol. The fourth-order valence-electron chi connectivity index (χ4n) is 9.13. The van der Waals surface area contributed by atoms with Gasteiger partial charge in [-0.05, 0) is 81.0 Å². The van der Waals surface area contributed by atoms with Crippen LogP contribution in [0.1, 0.15) is 102 Å². The number of aromatic nitrogens is 6. The van der Waals surface area contributed by atoms with Crippen molar-refractivity contribution in [1.29, 1.82) is 0 Å². The number of nitrogens with one attached hydrogen (secondary N) is 3. The topological polar surface area (TPSA) is 417 Å². The highest BCUT2D eigenvalue weighted by Crippen LogP contribution is 2.36. The van der Waals surface area contributed by atoms with Crippen LogP contribution < -0.4 is 16.0 Å². The summed E-state index contributed by atoms with van der Waals surface area (Å²) in [5.41, 5.74) is 1.89. The molecule has 6 aromatic rings. The van der Waals surface area contributed by atoms with E-state index in [2.05, 4.69) is 67.9 Å². The standard InChI is InChI=1S/C21H24N4O7S.C21H22N4O5S.C20H20N4O6S/c26-11-18(27)17-9-23-19(10-22-17)24-21(28)20(25-32-14-7-8-31-12-14)13-1-3-15(4-2-13)33(29,30)16-5-6-16;1-2-15-11-23-19(12-22-15)24-21(26)20(25-30-16-9-10-29-13-16)14-3-5-17(6-4-14)31(27,28)18-7-8-18;25-11-14-9-22-18(10-21-14)23-20(26)19(24-30-15-7-8-29-12-15)13-1-3-16(4-2-13)31(27,28)17-5-6-17/h1-4,9-10,14,16,18,26-27H,5-8,11-12H2,(H,23,24,28);2-6,11-12,16,18H,1,7-10,13H2,(H,23,24,26);1-4,9-11,15,17H,5-8,12H2,(H,22,23,26)/b2*25-20+;24-19+/t14-,18?;16-;15-/m111/s1. The Kier molecular flexibility index (Phi) is 22.6. The number of nitrogens with zero attached hydrogens (tertiary/aromatic N) is 9. The zero-order valence-electron chi connectivity index (χ0n) is 50.8. The van der Waals surface area contributed by atoms with E-state index in [-0.39, 0.29) is 94.7 Å². The van der Waals surface area contributed by atoms with Crippen molar-refractivity contribution in [2.45, 2.75) is 113 Å². The van der Waals surface area contributed by atoms with Crippen molar-refractivity contribution in [2.75, 3.05) is 62.2 Å². The molecule has 0 radical (unpaired) electrons. The number of rotatable bonds is 25. The van der Waals surface area contributed by atoms with Crippen LogP contribution in [0.4, 0.5) is 17.5 Å². The van der Waals surface area contributed by atoms with Gasteiger partial charge in [0.1, 0.15) is 11.8 Å². The number of aliphatic hydroxyl groups excluding tert-OH is 2. The van der Waals surface area contributed by atoms with E-state index in [9.17, 15) is 49.5 Å². The third-order valence-corrected chi connectivity index (χ3v) is 21.9. The number of ether oxygens (including phenoxy) is 3. The molecule has 3 aromatic carbocycles. The molecule has 6 aliphatic rings. The lowest BCUT2D eigenvalue weighted by Crippen LogP contribution is -2.26. The van der Waals surface area contributed by atoms with Crippen molar-refractivity contribution in [1.82, 2.24) is 29.9 Å². The second-order valence-electron chi connectivity index (χ2n) is 22.3. The van der Waals surface area contributed by atoms with Crippen LogP contribution in [-0.2, 0) is 72.6 Å². The Balaban J connectivity index is 0.000000155. The molecule has 30 nitrogen and oxygen atoms in total. The predicted octanol–water partition coefficient (Wildman–Crippen LogP) is 4.16. The van der Waals surface area contributed by atoms with Gasteiger partial charge in [-0.1, -0.05) is 58.4 Å². The molecule has 3 saturated heterocycles. The van der Waals surface area contributed by atoms with Gasteiger partial charge >= 0.3 is 0 Å². The summed E-state index contributed by atoms with van der Waals surface area (Å²) in [6.07, 6.45) is 13.9. The Morgan fingerprint density at radius 1 is 0.495 bits per heavy atom. The summed E-state index contributed by atoms with van der Waals surface area (Å²) in [7, 11) is -10.0. The fraction of sp³-hybridized carbons (Fsp3) is 0.371. The maximum absolute atomic E-state index is 13.0. The highest BCUT2D eigenvalue weighted by Gasteiger charge is 2.39. The minimum Gasteiger partial charge on any atom is -0.393 e. The number of carbonyl (C=O) groups is 4. The minimum absolute atomic E-state index is 0.00290. The van der Waals surface area contributed by atoms with Crippen molar-refractivity contribution in [3.8, 4) is 0 Å². The number of aliphatic hydroxyl groups is 2. The number of anilines is 3. The summed E-state index contributed by atoms with van der Waals surface area (Å²) in [6, 6.07) is 18.0. The lowest BCUT2D eigenvalue weighted by atomic mass is 10.1. The quantitative estimate of drug-likeness (QED) is 0.0305. The molecule has 500 valence electrons. The number of carbonyl (C=O) groups excluding carboxylic acids is 4. The van der Waals surface area contributed by atoms with Crippen molar-refractivity contribution >= 4 is 94.2 Å². The summed E-state index contributed by atoms with van der Waals surface area (Å²) in [5.74, 6) is -1.36. The molecule has 4 atom stereocenters. The van der Waals surface area contributed by atoms with Crippen molar-refractivity contribution in [3.63, 3.8) is 0 Å². The van der Waals surface area contributed by atoms with E-state index in [0.717, 1.165) is 0 Å². The molecule has 3 aliphatic carbocycles. The van der Waals surface area contributed by atoms with Crippen LogP contribution in [0.15, 0.2) is 147 Å². The van der Waals surface area contributed by atoms with Gasteiger partial charge in [0.05, 0.1) is 125 Å². The van der Waals surface area contributed by atoms with E-state index in [0.29, 0.717) is 126 Å². The largest absolute Gasteiger partial charge is 0.393 e. The van der Waals surface area contributed by atoms with Crippen LogP contribution >= 0.6 is 0 Å². The summed E-state index contributed by atoms with van der Waals surface area (Å²) in [6.45, 7) is 5.89. The molecule has 1 unspecified atom stereocenters. The molecule has 3 aliphatic heterocycles. The summed E-state index contributed by atoms with van der Waals surface area (Å²) in [4.78, 5) is 90.5. The molecular weight excluding hydrogens is 1300 g/mol. The van der Waals surface area contributed by atoms with Crippen LogP contribution in [0.25, 0.3) is 6.08 Å². The Hall–Kier alpha value is -9.22. The fourth-order valence-corrected chi connectivity index (χ4v) is 14.1. The van der Waals surface area contributed by atoms with Crippen molar-refractivity contribution in [3.05, 3.63) is 150 Å². The zero-order chi connectivity index (χ0) is 67.1. The molecule has 6 fully saturated rings. The van der Waals surface area contributed by atoms with Crippen LogP contribution in [0.5, 0.6) is 0 Å². The molecule has 12 rings (SSSR count). The Labute approximate surface area is 545 Å². The molecule has 0 bridgehead atoms. The third kappa shape index (κ3) is 18.4. The average molecular weight is 1360 g/mol. The molecule has 95 heavy (non-hydrogen) atoms. The van der Waals surface area contributed by atoms with Gasteiger partial charge in [-0.25, -0.2) is 45.2 Å². The average Bonchev–Trinajstić information content (AvgIpc) is 1.74. The SMILES string of the molecule is C=Cc1cnc(NC(=O)/C(=N/O[C@@H]2CCOC2)c2ccc(S(=O)(=O)C3CC3)cc2)cn1.O=C(Nc1cnc(C(O)CO)cn1)/C(=N/O[C@@H]1CCOC1)c1ccc(S(=O)(=O)C2CC2)cc1.O=Cc1cnc(NC(=O)/C(=N/O[C@@H]2CCOC2)c2ccc(S(=O)(=O)C3CC3)cc2)cn1. The Bertz CT molecular complexity index is 3960. The number of benzene rings is 3. The monoisotopic (exact) mass is 1360 g/mol. The number of oxime groups is 3. The maximum Gasteiger partial charge on any atom is 0.279 e. The smallest absolute Gasteiger partial charge is 0.279 e. The second-order valence-corrected chi connectivity index (χ2v) is 28.9. The van der Waals surface area contributed by atoms with Gasteiger partial charge in [0.15, 0.2) is 88.7 Å². The molecule has 3 aromatic heterocycles. The van der Waals surface area contributed by atoms with Gasteiger partial charge in [-0.15, -0.1) is 0 Å². The number of aldehydes is 1. The molecule has 3 saturated carbocycles. The third-order valence-electron chi connectivity index (χ3n) is 15.0. The second kappa shape index (κ2) is 31.3. The first-order chi connectivity index (χ1) is 45.8. The Morgan fingerprint density at radius 2 is 0.821 bits per heavy atom. The molecule has 5 N–H and O–H groups in total. The van der Waals surface area contributed by atoms with Crippen LogP contribution in [0.2, 0.25) is 0 Å². The summed E-state index contributed by atoms with van der Waals surface area (Å²) < 4.78 is 90.4. The van der Waals surface area contributed by atoms with E-state index in [1.165, 1.54) is 97.8 Å². The lowest BCUT2D eigenvalue weighted by molar-refractivity contribution is -0.111. The number of sulfone groups is 3. The van der Waals surface area contributed by atoms with E-state index in [4.69, 9.17) is 33.8 Å². The molecule has 0 spiro atoms. The first kappa shape index (κ1) is 68.6. The number of amides is 3. The van der Waals surface area contributed by atoms with Crippen LogP contribution in [0, 0.1) is 0 Å². The molecule has 33 heteroatoms. The Morgan fingerprint density at radius 3 is 1.07 bits per heavy atom. The van der Waals surface area contributed by atoms with Gasteiger partial charge in [0.2, 0.25) is 0 Å². The maximum atomic E-state index is 13.0. The van der Waals surface area contributed by atoms with Crippen LogP contribution in [-0.4, -0.2) is 187 Å². The number of hydrogen-bond donors (Lipinski definition) is 5. The van der Waals surface area contributed by atoms with Gasteiger partial charge in [0.25, 0.3) is 17.7 Å². The van der Waals surface area contributed by atoms with E-state index < -0.39 is 59.9 Å². The van der Waals surface area contributed by atoms with Crippen molar-refractivity contribution < 1.29 is 83.4 Å². The van der Waals surface area contributed by atoms with E-state index in [1.807, 2.05) is 0 Å². The molecule has 6 heterocycles. The van der Waals surface area contributed by atoms with Gasteiger partial charge < -0.3 is 54.9 Å². The first-order valence-electron chi connectivity index (χ1n) is 30.1. The highest BCUT2D eigenvalue weighted by molar-refractivity contribution is 7.93. The summed E-state index contributed by atoms with van der Waals surface area (Å²) >= 11 is 0. The normalized spacial score (nSPS) is 19.3. The van der Waals surface area contributed by atoms with Crippen molar-refractivity contribution in [2.24, 2.45) is 15.5 Å². The van der Waals surface area contributed by atoms with E-state index in [1.54, 1.807) is 18.2 Å². The van der Waals surface area contributed by atoms with Gasteiger partial charge in [-0.3, -0.25) is 29.1 Å². The first-order valence-corrected chi connectivity index (χ1v) is 34.7. The van der Waals surface area contributed by atoms with Crippen LogP contribution in [0.3, 0.4) is 0 Å². The number of hydrogen-bond acceptors (Lipinski definition) is 27. The summed E-state index contributed by atoms with van der Waals surface area (Å²) in [5, 5.41) is 37.5. The minimum atomic E-state index is -3.36.